The van der Waals surface area contributed by atoms with Gasteiger partial charge in [-0.25, -0.2) is 0 Å². The predicted molar refractivity (Wildman–Crippen MR) is 95.9 cm³/mol. The maximum Gasteiger partial charge on any atom is 0.304 e. The molecule has 0 atom stereocenters. The average molecular weight is 343 g/mol. The van der Waals surface area contributed by atoms with Crippen LogP contribution in [-0.4, -0.2) is 28.9 Å². The zero-order chi connectivity index (χ0) is 16.8. The van der Waals surface area contributed by atoms with Gasteiger partial charge in [0, 0.05) is 9.64 Å². The van der Waals surface area contributed by atoms with Gasteiger partial charge < -0.3 is 15.2 Å². The zero-order valence-electron chi connectivity index (χ0n) is 13.4. The minimum atomic E-state index is -0.728. The van der Waals surface area contributed by atoms with Crippen LogP contribution >= 0.6 is 11.8 Å². The number of carboxylic acids is 1. The lowest BCUT2D eigenvalue weighted by molar-refractivity contribution is -0.137. The van der Waals surface area contributed by atoms with Crippen LogP contribution in [0.5, 0.6) is 11.5 Å². The molecular weight excluding hydrogens is 322 g/mol. The van der Waals surface area contributed by atoms with E-state index >= 15 is 0 Å². The third-order valence-corrected chi connectivity index (χ3v) is 5.62. The van der Waals surface area contributed by atoms with Crippen LogP contribution in [-0.2, 0) is 4.79 Å². The van der Waals surface area contributed by atoms with E-state index in [0.717, 1.165) is 42.3 Å². The fraction of sp³-hybridized carbons (Fsp3) is 0.316. The number of piperidine rings is 1. The van der Waals surface area contributed by atoms with E-state index in [-0.39, 0.29) is 11.2 Å². The quantitative estimate of drug-likeness (QED) is 0.824. The molecule has 126 valence electrons. The van der Waals surface area contributed by atoms with Gasteiger partial charge in [0.1, 0.15) is 11.5 Å². The molecule has 0 unspecified atom stereocenters. The number of rotatable bonds is 6. The van der Waals surface area contributed by atoms with Crippen LogP contribution in [0.1, 0.15) is 19.3 Å². The summed E-state index contributed by atoms with van der Waals surface area (Å²) in [5, 5.41) is 12.6. The van der Waals surface area contributed by atoms with Crippen LogP contribution in [0.4, 0.5) is 0 Å². The van der Waals surface area contributed by atoms with E-state index in [2.05, 4.69) is 5.32 Å². The summed E-state index contributed by atoms with van der Waals surface area (Å²) >= 11 is 1.68. The molecule has 0 aromatic heterocycles. The van der Waals surface area contributed by atoms with Crippen molar-refractivity contribution in [1.29, 1.82) is 0 Å². The summed E-state index contributed by atoms with van der Waals surface area (Å²) in [7, 11) is 0. The molecule has 2 aromatic rings. The Hall–Kier alpha value is -1.98. The molecule has 3 rings (SSSR count). The molecule has 24 heavy (non-hydrogen) atoms. The standard InChI is InChI=1S/C19H21NO3S/c21-18(22)14-19(10-12-20-13-11-19)24-17-8-6-16(7-9-17)23-15-4-2-1-3-5-15/h1-9,20H,10-14H2,(H,21,22). The van der Waals surface area contributed by atoms with E-state index in [1.165, 1.54) is 0 Å². The van der Waals surface area contributed by atoms with Gasteiger partial charge in [-0.3, -0.25) is 4.79 Å². The molecule has 1 aliphatic rings. The number of hydrogen-bond acceptors (Lipinski definition) is 4. The lowest BCUT2D eigenvalue weighted by Gasteiger charge is -2.35. The Balaban J connectivity index is 1.69. The van der Waals surface area contributed by atoms with E-state index in [9.17, 15) is 9.90 Å². The Labute approximate surface area is 146 Å². The molecule has 0 saturated carbocycles. The van der Waals surface area contributed by atoms with E-state index in [1.54, 1.807) is 11.8 Å². The van der Waals surface area contributed by atoms with Crippen LogP contribution in [0.25, 0.3) is 0 Å². The van der Waals surface area contributed by atoms with Gasteiger partial charge in [0.05, 0.1) is 6.42 Å². The highest BCUT2D eigenvalue weighted by Gasteiger charge is 2.35. The lowest BCUT2D eigenvalue weighted by Crippen LogP contribution is -2.41. The zero-order valence-corrected chi connectivity index (χ0v) is 14.2. The number of ether oxygens (including phenoxy) is 1. The summed E-state index contributed by atoms with van der Waals surface area (Å²) in [6, 6.07) is 17.5. The predicted octanol–water partition coefficient (Wildman–Crippen LogP) is 4.17. The van der Waals surface area contributed by atoms with Crippen molar-refractivity contribution in [3.8, 4) is 11.5 Å². The van der Waals surface area contributed by atoms with Gasteiger partial charge in [0.2, 0.25) is 0 Å². The first-order valence-electron chi connectivity index (χ1n) is 8.10. The average Bonchev–Trinajstić information content (AvgIpc) is 2.58. The minimum absolute atomic E-state index is 0.196. The topological polar surface area (TPSA) is 58.6 Å². The number of benzene rings is 2. The molecule has 0 radical (unpaired) electrons. The van der Waals surface area contributed by atoms with E-state index in [1.807, 2.05) is 54.6 Å². The maximum atomic E-state index is 11.3. The van der Waals surface area contributed by atoms with Crippen molar-refractivity contribution in [2.75, 3.05) is 13.1 Å². The summed E-state index contributed by atoms with van der Waals surface area (Å²) < 4.78 is 5.58. The highest BCUT2D eigenvalue weighted by molar-refractivity contribution is 8.00. The molecule has 1 aliphatic heterocycles. The van der Waals surface area contributed by atoms with Crippen LogP contribution in [0.15, 0.2) is 59.5 Å². The van der Waals surface area contributed by atoms with Gasteiger partial charge >= 0.3 is 5.97 Å². The Kier molecular flexibility index (Phi) is 5.43. The SMILES string of the molecule is O=C(O)CC1(Sc2ccc(Oc3ccccc3)cc2)CCNCC1. The Morgan fingerprint density at radius 3 is 2.29 bits per heavy atom. The van der Waals surface area contributed by atoms with Gasteiger partial charge in [-0.05, 0) is 62.3 Å². The Bertz CT molecular complexity index is 667. The second-order valence-corrected chi connectivity index (χ2v) is 7.53. The number of hydrogen-bond donors (Lipinski definition) is 2. The minimum Gasteiger partial charge on any atom is -0.481 e. The summed E-state index contributed by atoms with van der Waals surface area (Å²) in [6.07, 6.45) is 1.93. The fourth-order valence-electron chi connectivity index (χ4n) is 2.92. The van der Waals surface area contributed by atoms with Crippen molar-refractivity contribution in [2.24, 2.45) is 0 Å². The van der Waals surface area contributed by atoms with Gasteiger partial charge in [0.15, 0.2) is 0 Å². The van der Waals surface area contributed by atoms with E-state index in [4.69, 9.17) is 4.74 Å². The van der Waals surface area contributed by atoms with Crippen molar-refractivity contribution < 1.29 is 14.6 Å². The molecule has 0 amide bonds. The van der Waals surface area contributed by atoms with E-state index in [0.29, 0.717) is 0 Å². The number of carbonyl (C=O) groups is 1. The Morgan fingerprint density at radius 2 is 1.67 bits per heavy atom. The third-order valence-electron chi connectivity index (χ3n) is 4.13. The smallest absolute Gasteiger partial charge is 0.304 e. The van der Waals surface area contributed by atoms with Crippen LogP contribution in [0, 0.1) is 0 Å². The summed E-state index contributed by atoms with van der Waals surface area (Å²) in [5.41, 5.74) is 0. The Morgan fingerprint density at radius 1 is 1.04 bits per heavy atom. The summed E-state index contributed by atoms with van der Waals surface area (Å²) in [4.78, 5) is 12.3. The van der Waals surface area contributed by atoms with Gasteiger partial charge in [-0.15, -0.1) is 11.8 Å². The second kappa shape index (κ2) is 7.73. The van der Waals surface area contributed by atoms with Gasteiger partial charge in [-0.1, -0.05) is 18.2 Å². The summed E-state index contributed by atoms with van der Waals surface area (Å²) in [6.45, 7) is 1.74. The molecule has 5 heteroatoms. The first-order chi connectivity index (χ1) is 11.7. The number of thioether (sulfide) groups is 1. The molecule has 0 aliphatic carbocycles. The lowest BCUT2D eigenvalue weighted by atomic mass is 9.93. The largest absolute Gasteiger partial charge is 0.481 e. The highest BCUT2D eigenvalue weighted by atomic mass is 32.2. The molecule has 1 fully saturated rings. The molecule has 2 aromatic carbocycles. The normalized spacial score (nSPS) is 16.5. The third kappa shape index (κ3) is 4.52. The van der Waals surface area contributed by atoms with Gasteiger partial charge in [0.25, 0.3) is 0 Å². The molecule has 0 spiro atoms. The van der Waals surface area contributed by atoms with Crippen molar-refractivity contribution in [2.45, 2.75) is 28.9 Å². The molecular formula is C19H21NO3S. The number of para-hydroxylation sites is 1. The maximum absolute atomic E-state index is 11.3. The molecule has 0 bridgehead atoms. The molecule has 1 saturated heterocycles. The number of carboxylic acid groups (broad SMARTS) is 1. The number of nitrogens with one attached hydrogen (secondary N) is 1. The first-order valence-corrected chi connectivity index (χ1v) is 8.91. The van der Waals surface area contributed by atoms with Crippen molar-refractivity contribution in [1.82, 2.24) is 5.32 Å². The van der Waals surface area contributed by atoms with Gasteiger partial charge in [-0.2, -0.15) is 0 Å². The highest BCUT2D eigenvalue weighted by Crippen LogP contribution is 2.42. The van der Waals surface area contributed by atoms with Crippen molar-refractivity contribution >= 4 is 17.7 Å². The van der Waals surface area contributed by atoms with Crippen molar-refractivity contribution in [3.63, 3.8) is 0 Å². The van der Waals surface area contributed by atoms with Crippen LogP contribution < -0.4 is 10.1 Å². The van der Waals surface area contributed by atoms with Crippen LogP contribution in [0.2, 0.25) is 0 Å². The molecule has 1 heterocycles. The molecule has 2 N–H and O–H groups in total. The van der Waals surface area contributed by atoms with Crippen LogP contribution in [0.3, 0.4) is 0 Å². The number of aliphatic carboxylic acids is 1. The fourth-order valence-corrected chi connectivity index (χ4v) is 4.30. The first kappa shape index (κ1) is 16.9. The van der Waals surface area contributed by atoms with E-state index < -0.39 is 5.97 Å². The van der Waals surface area contributed by atoms with Crippen molar-refractivity contribution in [3.05, 3.63) is 54.6 Å². The monoisotopic (exact) mass is 343 g/mol. The summed E-state index contributed by atoms with van der Waals surface area (Å²) in [5.74, 6) is 0.857. The molecule has 4 nitrogen and oxygen atoms in total. The second-order valence-electron chi connectivity index (χ2n) is 5.99.